The lowest BCUT2D eigenvalue weighted by Crippen LogP contribution is -2.58. The fourth-order valence-electron chi connectivity index (χ4n) is 4.58. The fourth-order valence-corrected chi connectivity index (χ4v) is 5.99. The van der Waals surface area contributed by atoms with Crippen LogP contribution in [-0.2, 0) is 14.8 Å². The van der Waals surface area contributed by atoms with E-state index < -0.39 is 15.6 Å². The number of nitrogens with zero attached hydrogens (tertiary/aromatic N) is 4. The number of ether oxygens (including phenoxy) is 1. The van der Waals surface area contributed by atoms with Crippen molar-refractivity contribution >= 4 is 21.5 Å². The molecule has 29 heavy (non-hydrogen) atoms. The highest BCUT2D eigenvalue weighted by molar-refractivity contribution is 7.89. The van der Waals surface area contributed by atoms with Crippen LogP contribution in [0.1, 0.15) is 31.2 Å². The van der Waals surface area contributed by atoms with Crippen molar-refractivity contribution in [2.45, 2.75) is 49.6 Å². The number of aromatic nitrogens is 4. The molecule has 10 heteroatoms. The SMILES string of the molecule is Cc1nc(N)c2ncc(-c3cc(S(=O)(=O)NC45COC(C)(C4)C5)ccc3C)n2n1. The van der Waals surface area contributed by atoms with Gasteiger partial charge in [0.05, 0.1) is 34.5 Å². The Morgan fingerprint density at radius 2 is 2.03 bits per heavy atom. The maximum atomic E-state index is 13.1. The van der Waals surface area contributed by atoms with Gasteiger partial charge in [0.25, 0.3) is 0 Å². The Balaban J connectivity index is 1.56. The standard InChI is InChI=1S/C19H22N6O3S/c1-11-4-5-13(29(26,27)24-19-8-18(3,9-19)28-10-19)6-14(11)15-7-21-17-16(20)22-12(2)23-25(15)17/h4-7,24H,8-10H2,1-3H3,(H2,20,22,23). The van der Waals surface area contributed by atoms with Gasteiger partial charge in [-0.1, -0.05) is 6.07 Å². The molecule has 9 nitrogen and oxygen atoms in total. The number of imidazole rings is 1. The molecule has 6 rings (SSSR count). The summed E-state index contributed by atoms with van der Waals surface area (Å²) < 4.78 is 36.4. The number of nitrogens with two attached hydrogens (primary N) is 1. The molecule has 3 N–H and O–H groups in total. The van der Waals surface area contributed by atoms with Crippen molar-refractivity contribution in [1.82, 2.24) is 24.3 Å². The molecule has 2 aliphatic heterocycles. The van der Waals surface area contributed by atoms with E-state index in [-0.39, 0.29) is 16.3 Å². The van der Waals surface area contributed by atoms with Gasteiger partial charge in [-0.15, -0.1) is 0 Å². The van der Waals surface area contributed by atoms with Crippen LogP contribution in [0.5, 0.6) is 0 Å². The summed E-state index contributed by atoms with van der Waals surface area (Å²) in [6.07, 6.45) is 3.02. The third kappa shape index (κ3) is 2.82. The first-order valence-corrected chi connectivity index (χ1v) is 10.9. The Morgan fingerprint density at radius 1 is 1.28 bits per heavy atom. The maximum absolute atomic E-state index is 13.1. The molecule has 3 aliphatic rings. The number of nitrogen functional groups attached to an aromatic ring is 1. The van der Waals surface area contributed by atoms with E-state index in [1.807, 2.05) is 13.8 Å². The average molecular weight is 414 g/mol. The van der Waals surface area contributed by atoms with Crippen LogP contribution in [0.25, 0.3) is 16.9 Å². The molecule has 1 aromatic carbocycles. The quantitative estimate of drug-likeness (QED) is 0.664. The molecule has 3 fully saturated rings. The second kappa shape index (κ2) is 5.74. The fraction of sp³-hybridized carbons (Fsp3) is 0.421. The Bertz CT molecular complexity index is 1260. The highest BCUT2D eigenvalue weighted by atomic mass is 32.2. The zero-order valence-corrected chi connectivity index (χ0v) is 17.2. The topological polar surface area (TPSA) is 124 Å². The molecule has 4 heterocycles. The van der Waals surface area contributed by atoms with E-state index in [2.05, 4.69) is 19.8 Å². The number of nitrogens with one attached hydrogen (secondary N) is 1. The Kier molecular flexibility index (Phi) is 3.66. The van der Waals surface area contributed by atoms with Crippen molar-refractivity contribution in [2.75, 3.05) is 12.3 Å². The number of benzene rings is 1. The zero-order chi connectivity index (χ0) is 20.6. The molecule has 0 spiro atoms. The Hall–Kier alpha value is -2.56. The van der Waals surface area contributed by atoms with Crippen molar-refractivity contribution in [3.05, 3.63) is 35.8 Å². The first kappa shape index (κ1) is 18.5. The molecule has 2 saturated heterocycles. The summed E-state index contributed by atoms with van der Waals surface area (Å²) in [5.41, 5.74) is 7.97. The first-order chi connectivity index (χ1) is 13.6. The molecule has 1 saturated carbocycles. The average Bonchev–Trinajstić information content (AvgIpc) is 3.25. The van der Waals surface area contributed by atoms with Gasteiger partial charge in [0.2, 0.25) is 10.0 Å². The van der Waals surface area contributed by atoms with Gasteiger partial charge in [-0.3, -0.25) is 0 Å². The molecule has 0 radical (unpaired) electrons. The van der Waals surface area contributed by atoms with Crippen LogP contribution in [0.3, 0.4) is 0 Å². The molecule has 0 amide bonds. The second-order valence-corrected chi connectivity index (χ2v) is 10.1. The normalized spacial score (nSPS) is 26.0. The predicted octanol–water partition coefficient (Wildman–Crippen LogP) is 1.59. The summed E-state index contributed by atoms with van der Waals surface area (Å²) in [5.74, 6) is 0.783. The number of anilines is 1. The van der Waals surface area contributed by atoms with Gasteiger partial charge in [0.1, 0.15) is 5.82 Å². The predicted molar refractivity (Wildman–Crippen MR) is 107 cm³/mol. The number of hydrogen-bond donors (Lipinski definition) is 2. The van der Waals surface area contributed by atoms with Gasteiger partial charge in [-0.2, -0.15) is 5.10 Å². The van der Waals surface area contributed by atoms with E-state index in [1.165, 1.54) is 0 Å². The molecular weight excluding hydrogens is 392 g/mol. The lowest BCUT2D eigenvalue weighted by molar-refractivity contribution is 0.0151. The van der Waals surface area contributed by atoms with Gasteiger partial charge >= 0.3 is 0 Å². The van der Waals surface area contributed by atoms with Crippen molar-refractivity contribution in [3.8, 4) is 11.3 Å². The van der Waals surface area contributed by atoms with Crippen LogP contribution in [0.2, 0.25) is 0 Å². The van der Waals surface area contributed by atoms with Gasteiger partial charge in [0.15, 0.2) is 11.5 Å². The number of rotatable bonds is 4. The molecule has 3 aromatic rings. The van der Waals surface area contributed by atoms with Crippen molar-refractivity contribution in [2.24, 2.45) is 0 Å². The van der Waals surface area contributed by atoms with Gasteiger partial charge in [0, 0.05) is 5.56 Å². The van der Waals surface area contributed by atoms with Gasteiger partial charge < -0.3 is 10.5 Å². The Labute approximate surface area is 168 Å². The highest BCUT2D eigenvalue weighted by Gasteiger charge is 2.61. The van der Waals surface area contributed by atoms with Crippen LogP contribution < -0.4 is 10.5 Å². The largest absolute Gasteiger partial charge is 0.380 e. The van der Waals surface area contributed by atoms with Gasteiger partial charge in [-0.05, 0) is 51.3 Å². The smallest absolute Gasteiger partial charge is 0.241 e. The number of aryl methyl sites for hydroxylation is 2. The summed E-state index contributed by atoms with van der Waals surface area (Å²) >= 11 is 0. The molecular formula is C19H22N6O3S. The second-order valence-electron chi connectivity index (χ2n) is 8.38. The van der Waals surface area contributed by atoms with E-state index in [9.17, 15) is 8.42 Å². The van der Waals surface area contributed by atoms with Crippen LogP contribution in [0, 0.1) is 13.8 Å². The van der Waals surface area contributed by atoms with E-state index in [1.54, 1.807) is 35.8 Å². The minimum atomic E-state index is -3.71. The summed E-state index contributed by atoms with van der Waals surface area (Å²) in [6.45, 7) is 6.07. The molecule has 0 atom stereocenters. The van der Waals surface area contributed by atoms with Crippen LogP contribution >= 0.6 is 0 Å². The monoisotopic (exact) mass is 414 g/mol. The summed E-state index contributed by atoms with van der Waals surface area (Å²) in [7, 11) is -3.71. The maximum Gasteiger partial charge on any atom is 0.241 e. The van der Waals surface area contributed by atoms with Crippen LogP contribution in [0.4, 0.5) is 5.82 Å². The summed E-state index contributed by atoms with van der Waals surface area (Å²) in [4.78, 5) is 8.63. The molecule has 1 aliphatic carbocycles. The minimum Gasteiger partial charge on any atom is -0.380 e. The third-order valence-corrected chi connectivity index (χ3v) is 7.34. The van der Waals surface area contributed by atoms with Crippen LogP contribution in [0.15, 0.2) is 29.3 Å². The third-order valence-electron chi connectivity index (χ3n) is 5.76. The van der Waals surface area contributed by atoms with E-state index >= 15 is 0 Å². The molecule has 0 unspecified atom stereocenters. The zero-order valence-electron chi connectivity index (χ0n) is 16.4. The summed E-state index contributed by atoms with van der Waals surface area (Å²) in [5, 5.41) is 4.40. The molecule has 2 aromatic heterocycles. The molecule has 2 bridgehead atoms. The van der Waals surface area contributed by atoms with E-state index in [4.69, 9.17) is 10.5 Å². The lowest BCUT2D eigenvalue weighted by Gasteiger charge is -2.42. The Morgan fingerprint density at radius 3 is 2.72 bits per heavy atom. The van der Waals surface area contributed by atoms with Crippen molar-refractivity contribution < 1.29 is 13.2 Å². The van der Waals surface area contributed by atoms with Gasteiger partial charge in [-0.25, -0.2) is 27.6 Å². The number of fused-ring (bicyclic) bond motifs is 2. The van der Waals surface area contributed by atoms with Crippen LogP contribution in [-0.4, -0.2) is 45.7 Å². The number of hydrogen-bond acceptors (Lipinski definition) is 7. The first-order valence-electron chi connectivity index (χ1n) is 9.37. The number of sulfonamides is 1. The highest BCUT2D eigenvalue weighted by Crippen LogP contribution is 2.51. The van der Waals surface area contributed by atoms with E-state index in [0.29, 0.717) is 36.6 Å². The summed E-state index contributed by atoms with van der Waals surface area (Å²) in [6, 6.07) is 5.05. The molecule has 152 valence electrons. The minimum absolute atomic E-state index is 0.196. The van der Waals surface area contributed by atoms with E-state index in [0.717, 1.165) is 11.1 Å². The lowest BCUT2D eigenvalue weighted by atomic mass is 9.70. The van der Waals surface area contributed by atoms with Crippen molar-refractivity contribution in [3.63, 3.8) is 0 Å². The van der Waals surface area contributed by atoms with Crippen molar-refractivity contribution in [1.29, 1.82) is 0 Å².